The molecule has 0 amide bonds. The van der Waals surface area contributed by atoms with Crippen LogP contribution in [0.1, 0.15) is 0 Å². The van der Waals surface area contributed by atoms with Crippen LogP contribution in [0.3, 0.4) is 0 Å². The van der Waals surface area contributed by atoms with Gasteiger partial charge in [0.25, 0.3) is 10.1 Å². The van der Waals surface area contributed by atoms with Gasteiger partial charge in [-0.3, -0.25) is 14.7 Å². The lowest BCUT2D eigenvalue weighted by atomic mass is 10.3. The fraction of sp³-hybridized carbons (Fsp3) is 0. The van der Waals surface area contributed by atoms with E-state index in [-0.39, 0.29) is 12.1 Å². The van der Waals surface area contributed by atoms with E-state index in [1.165, 1.54) is 0 Å². The molecular formula is C6H3F2NO5S. The van der Waals surface area contributed by atoms with Gasteiger partial charge in [-0.2, -0.15) is 12.8 Å². The molecule has 82 valence electrons. The monoisotopic (exact) mass is 239 g/mol. The van der Waals surface area contributed by atoms with E-state index in [9.17, 15) is 27.3 Å². The number of hydrogen-bond acceptors (Lipinski definition) is 4. The Morgan fingerprint density at radius 1 is 1.33 bits per heavy atom. The minimum atomic E-state index is -4.81. The Labute approximate surface area is 82.0 Å². The standard InChI is InChI=1S/C6H3F2NO5S/c7-4-1-3(15(12,13)14)2-5(6(4)8)9(10)11/h1-2H,(H,12,13,14). The average molecular weight is 239 g/mol. The van der Waals surface area contributed by atoms with E-state index >= 15 is 0 Å². The molecule has 0 unspecified atom stereocenters. The van der Waals surface area contributed by atoms with Crippen molar-refractivity contribution >= 4 is 15.8 Å². The first-order valence-electron chi connectivity index (χ1n) is 3.34. The summed E-state index contributed by atoms with van der Waals surface area (Å²) in [5.41, 5.74) is -1.36. The van der Waals surface area contributed by atoms with E-state index in [1.807, 2.05) is 0 Å². The fourth-order valence-corrected chi connectivity index (χ4v) is 1.35. The molecule has 9 heteroatoms. The molecule has 6 nitrogen and oxygen atoms in total. The smallest absolute Gasteiger partial charge is 0.282 e. The summed E-state index contributed by atoms with van der Waals surface area (Å²) in [7, 11) is -4.81. The highest BCUT2D eigenvalue weighted by Crippen LogP contribution is 2.24. The van der Waals surface area contributed by atoms with Gasteiger partial charge in [0.05, 0.1) is 4.92 Å². The highest BCUT2D eigenvalue weighted by Gasteiger charge is 2.24. The van der Waals surface area contributed by atoms with Crippen LogP contribution in [-0.4, -0.2) is 17.9 Å². The van der Waals surface area contributed by atoms with Crippen LogP contribution in [0.15, 0.2) is 17.0 Å². The van der Waals surface area contributed by atoms with E-state index in [0.29, 0.717) is 0 Å². The van der Waals surface area contributed by atoms with Crippen molar-refractivity contribution in [3.8, 4) is 0 Å². The molecule has 0 fully saturated rings. The molecule has 0 aliphatic carbocycles. The van der Waals surface area contributed by atoms with E-state index in [1.54, 1.807) is 0 Å². The molecular weight excluding hydrogens is 236 g/mol. The quantitative estimate of drug-likeness (QED) is 0.473. The largest absolute Gasteiger partial charge is 0.309 e. The van der Waals surface area contributed by atoms with Crippen LogP contribution >= 0.6 is 0 Å². The predicted octanol–water partition coefficient (Wildman–Crippen LogP) is 1.12. The molecule has 0 heterocycles. The van der Waals surface area contributed by atoms with Crippen LogP contribution in [0.2, 0.25) is 0 Å². The number of hydrogen-bond donors (Lipinski definition) is 1. The Kier molecular flexibility index (Phi) is 2.69. The van der Waals surface area contributed by atoms with Crippen LogP contribution in [0, 0.1) is 21.7 Å². The van der Waals surface area contributed by atoms with E-state index in [0.717, 1.165) is 0 Å². The fourth-order valence-electron chi connectivity index (χ4n) is 0.832. The van der Waals surface area contributed by atoms with Gasteiger partial charge in [0.2, 0.25) is 5.82 Å². The summed E-state index contributed by atoms with van der Waals surface area (Å²) in [5.74, 6) is -3.51. The van der Waals surface area contributed by atoms with Crippen LogP contribution < -0.4 is 0 Å². The van der Waals surface area contributed by atoms with Gasteiger partial charge in [0.15, 0.2) is 5.82 Å². The number of nitrogens with zero attached hydrogens (tertiary/aromatic N) is 1. The van der Waals surface area contributed by atoms with Crippen LogP contribution in [0.25, 0.3) is 0 Å². The maximum Gasteiger partial charge on any atom is 0.309 e. The zero-order valence-corrected chi connectivity index (χ0v) is 7.66. The van der Waals surface area contributed by atoms with Gasteiger partial charge in [0, 0.05) is 6.07 Å². The number of halogens is 2. The van der Waals surface area contributed by atoms with Crippen LogP contribution in [-0.2, 0) is 10.1 Å². The van der Waals surface area contributed by atoms with Crippen LogP contribution in [0.5, 0.6) is 0 Å². The Morgan fingerprint density at radius 2 is 1.87 bits per heavy atom. The van der Waals surface area contributed by atoms with E-state index in [4.69, 9.17) is 4.55 Å². The van der Waals surface area contributed by atoms with Crippen molar-refractivity contribution in [3.05, 3.63) is 33.9 Å². The minimum Gasteiger partial charge on any atom is -0.282 e. The minimum absolute atomic E-state index is 0.150. The van der Waals surface area contributed by atoms with Gasteiger partial charge in [-0.25, -0.2) is 4.39 Å². The normalized spacial score (nSPS) is 11.4. The van der Waals surface area contributed by atoms with Gasteiger partial charge >= 0.3 is 5.69 Å². The Hall–Kier alpha value is -1.61. The van der Waals surface area contributed by atoms with Gasteiger partial charge < -0.3 is 0 Å². The van der Waals surface area contributed by atoms with Gasteiger partial charge in [0.1, 0.15) is 4.90 Å². The first-order chi connectivity index (χ1) is 6.73. The molecule has 0 bridgehead atoms. The summed E-state index contributed by atoms with van der Waals surface area (Å²) < 4.78 is 54.9. The Bertz CT molecular complexity index is 527. The third-order valence-electron chi connectivity index (χ3n) is 1.48. The van der Waals surface area contributed by atoms with Crippen molar-refractivity contribution in [3.63, 3.8) is 0 Å². The molecule has 0 radical (unpaired) electrons. The van der Waals surface area contributed by atoms with Crippen LogP contribution in [0.4, 0.5) is 14.5 Å². The highest BCUT2D eigenvalue weighted by molar-refractivity contribution is 7.85. The molecule has 15 heavy (non-hydrogen) atoms. The molecule has 0 atom stereocenters. The second-order valence-corrected chi connectivity index (χ2v) is 3.89. The topological polar surface area (TPSA) is 97.5 Å². The molecule has 0 spiro atoms. The zero-order valence-electron chi connectivity index (χ0n) is 6.85. The molecule has 0 saturated carbocycles. The van der Waals surface area contributed by atoms with Gasteiger partial charge in [-0.15, -0.1) is 0 Å². The van der Waals surface area contributed by atoms with Crippen molar-refractivity contribution in [2.75, 3.05) is 0 Å². The third-order valence-corrected chi connectivity index (χ3v) is 2.31. The molecule has 0 saturated heterocycles. The summed E-state index contributed by atoms with van der Waals surface area (Å²) in [6.45, 7) is 0. The van der Waals surface area contributed by atoms with Gasteiger partial charge in [-0.05, 0) is 6.07 Å². The second kappa shape index (κ2) is 3.51. The number of rotatable bonds is 2. The molecule has 0 aliphatic heterocycles. The summed E-state index contributed by atoms with van der Waals surface area (Å²) in [6.07, 6.45) is 0. The Balaban J connectivity index is 3.57. The predicted molar refractivity (Wildman–Crippen MR) is 42.8 cm³/mol. The third kappa shape index (κ3) is 2.25. The van der Waals surface area contributed by atoms with Crippen molar-refractivity contribution in [1.29, 1.82) is 0 Å². The molecule has 1 aromatic rings. The lowest BCUT2D eigenvalue weighted by Crippen LogP contribution is -2.03. The second-order valence-electron chi connectivity index (χ2n) is 2.47. The summed E-state index contributed by atoms with van der Waals surface area (Å²) in [5, 5.41) is 10.2. The SMILES string of the molecule is O=[N+]([O-])c1cc(S(=O)(=O)O)cc(F)c1F. The Morgan fingerprint density at radius 3 is 2.27 bits per heavy atom. The van der Waals surface area contributed by atoms with E-state index in [2.05, 4.69) is 0 Å². The van der Waals surface area contributed by atoms with Crippen molar-refractivity contribution in [2.24, 2.45) is 0 Å². The number of nitro benzene ring substituents is 1. The molecule has 1 aromatic carbocycles. The maximum absolute atomic E-state index is 12.7. The summed E-state index contributed by atoms with van der Waals surface area (Å²) in [4.78, 5) is 7.80. The molecule has 1 rings (SSSR count). The average Bonchev–Trinajstić information content (AvgIpc) is 2.06. The van der Waals surface area contributed by atoms with Crippen molar-refractivity contribution in [2.45, 2.75) is 4.90 Å². The summed E-state index contributed by atoms with van der Waals surface area (Å²) in [6, 6.07) is 0.380. The van der Waals surface area contributed by atoms with E-state index < -0.39 is 37.3 Å². The number of benzene rings is 1. The highest BCUT2D eigenvalue weighted by atomic mass is 32.2. The van der Waals surface area contributed by atoms with Gasteiger partial charge in [-0.1, -0.05) is 0 Å². The lowest BCUT2D eigenvalue weighted by Gasteiger charge is -1.99. The zero-order chi connectivity index (χ0) is 11.8. The first-order valence-corrected chi connectivity index (χ1v) is 4.78. The van der Waals surface area contributed by atoms with Crippen molar-refractivity contribution in [1.82, 2.24) is 0 Å². The molecule has 1 N–H and O–H groups in total. The lowest BCUT2D eigenvalue weighted by molar-refractivity contribution is -0.388. The summed E-state index contributed by atoms with van der Waals surface area (Å²) >= 11 is 0. The molecule has 0 aliphatic rings. The first kappa shape index (κ1) is 11.5. The maximum atomic E-state index is 12.7. The number of nitro groups is 1. The molecule has 0 aromatic heterocycles. The van der Waals surface area contributed by atoms with Crippen molar-refractivity contribution < 1.29 is 26.7 Å².